The van der Waals surface area contributed by atoms with Gasteiger partial charge in [-0.2, -0.15) is 9.34 Å². The van der Waals surface area contributed by atoms with Crippen molar-refractivity contribution in [3.63, 3.8) is 0 Å². The van der Waals surface area contributed by atoms with E-state index in [1.165, 1.54) is 76.8 Å². The number of para-hydroxylation sites is 1. The Kier molecular flexibility index (Phi) is 6.25. The van der Waals surface area contributed by atoms with Gasteiger partial charge in [0, 0.05) is 32.7 Å². The molecule has 14 heteroatoms. The Morgan fingerprint density at radius 1 is 0.781 bits per heavy atom. The summed E-state index contributed by atoms with van der Waals surface area (Å²) in [6.07, 6.45) is 8.32. The molecule has 1 unspecified atom stereocenters. The molecule has 0 radical (unpaired) electrons. The average molecular weight is 504 g/mol. The average Bonchev–Trinajstić information content (AvgIpc) is 3.47. The molecule has 3 aliphatic heterocycles. The first-order chi connectivity index (χ1) is 14.9. The van der Waals surface area contributed by atoms with Gasteiger partial charge in [0.1, 0.15) is 11.7 Å². The van der Waals surface area contributed by atoms with E-state index in [-0.39, 0.29) is 0 Å². The third-order valence-corrected chi connectivity index (χ3v) is 8.98. The third-order valence-electron chi connectivity index (χ3n) is 5.92. The van der Waals surface area contributed by atoms with Gasteiger partial charge in [0.2, 0.25) is 8.37 Å². The van der Waals surface area contributed by atoms with Crippen molar-refractivity contribution in [2.75, 3.05) is 32.7 Å². The van der Waals surface area contributed by atoms with Crippen LogP contribution in [0.1, 0.15) is 44.7 Å². The zero-order chi connectivity index (χ0) is 23.0. The summed E-state index contributed by atoms with van der Waals surface area (Å²) in [4.78, 5) is 0. The predicted octanol–water partition coefficient (Wildman–Crippen LogP) is 6.56. The van der Waals surface area contributed by atoms with Crippen LogP contribution in [0.2, 0.25) is 0 Å². The number of halogens is 6. The molecule has 0 N–H and O–H groups in total. The van der Waals surface area contributed by atoms with Crippen molar-refractivity contribution in [1.82, 2.24) is 29.0 Å². The summed E-state index contributed by atoms with van der Waals surface area (Å²) in [6.45, 7) is 6.34. The van der Waals surface area contributed by atoms with Gasteiger partial charge in [-0.1, -0.05) is 17.3 Å². The molecule has 3 saturated heterocycles. The molecular weight excluding hydrogens is 476 g/mol. The second-order valence-electron chi connectivity index (χ2n) is 8.49. The maximum atomic E-state index is 9.87. The normalized spacial score (nSPS) is 25.8. The summed E-state index contributed by atoms with van der Waals surface area (Å²) in [7, 11) is -11.5. The molecule has 6 nitrogen and oxygen atoms in total. The van der Waals surface area contributed by atoms with E-state index in [0.717, 1.165) is 5.52 Å². The number of aromatic nitrogens is 3. The summed E-state index contributed by atoms with van der Waals surface area (Å²) in [5.74, 6) is 0. The van der Waals surface area contributed by atoms with Gasteiger partial charge in [-0.05, 0) is 50.7 Å². The van der Waals surface area contributed by atoms with E-state index < -0.39 is 16.2 Å². The predicted molar refractivity (Wildman–Crippen MR) is 116 cm³/mol. The molecule has 0 bridgehead atoms. The van der Waals surface area contributed by atoms with E-state index in [1.54, 1.807) is 0 Å². The molecule has 1 aromatic carbocycles. The van der Waals surface area contributed by atoms with Gasteiger partial charge in [-0.15, -0.1) is 9.77 Å². The van der Waals surface area contributed by atoms with Crippen LogP contribution >= 0.6 is 16.2 Å². The molecule has 32 heavy (non-hydrogen) atoms. The monoisotopic (exact) mass is 504 g/mol. The number of hydrogen-bond donors (Lipinski definition) is 0. The second-order valence-corrected chi connectivity index (χ2v) is 12.8. The summed E-state index contributed by atoms with van der Waals surface area (Å²) in [5.41, 5.74) is 2.20. The van der Waals surface area contributed by atoms with Gasteiger partial charge in [0.05, 0.1) is 5.52 Å². The van der Waals surface area contributed by atoms with Crippen LogP contribution in [0, 0.1) is 0 Å². The quantitative estimate of drug-likeness (QED) is 0.349. The Morgan fingerprint density at radius 2 is 1.31 bits per heavy atom. The molecule has 4 heterocycles. The standard InChI is InChI=1S/C18H27N6P.F6P/c1-2-9-17-16(8-1)19-20-24(17)18-10-7-15-23(18)25(21-11-3-4-12-21)22-13-5-6-14-22;1-7(2,3,4,5)6/h1-2,8-9,18H,3-7,10-15H2;/q;-1/p+1. The van der Waals surface area contributed by atoms with Crippen LogP contribution in [0.4, 0.5) is 25.2 Å². The Morgan fingerprint density at radius 3 is 1.88 bits per heavy atom. The first-order valence-corrected chi connectivity index (χ1v) is 14.2. The van der Waals surface area contributed by atoms with Crippen LogP contribution < -0.4 is 0 Å². The molecule has 0 spiro atoms. The number of fused-ring (bicyclic) bond motifs is 1. The fourth-order valence-electron chi connectivity index (χ4n) is 4.74. The minimum absolute atomic E-state index is 0.377. The third kappa shape index (κ3) is 6.50. The topological polar surface area (TPSA) is 40.4 Å². The Balaban J connectivity index is 0.000000307. The van der Waals surface area contributed by atoms with Crippen LogP contribution in [-0.4, -0.2) is 61.7 Å². The number of nitrogens with zero attached hydrogens (tertiary/aromatic N) is 6. The fourth-order valence-corrected chi connectivity index (χ4v) is 8.16. The zero-order valence-electron chi connectivity index (χ0n) is 17.6. The van der Waals surface area contributed by atoms with Crippen molar-refractivity contribution in [2.24, 2.45) is 0 Å². The maximum absolute atomic E-state index is 10.7. The molecule has 1 atom stereocenters. The molecular formula is C18H28F6N6P2. The van der Waals surface area contributed by atoms with Crippen molar-refractivity contribution >= 4 is 27.2 Å². The van der Waals surface area contributed by atoms with Crippen molar-refractivity contribution in [3.8, 4) is 0 Å². The molecule has 5 rings (SSSR count). The number of rotatable bonds is 4. The van der Waals surface area contributed by atoms with Crippen LogP contribution in [0.5, 0.6) is 0 Å². The van der Waals surface area contributed by atoms with Gasteiger partial charge in [0.25, 0.3) is 0 Å². The maximum Gasteiger partial charge on any atom is 0.215 e. The zero-order valence-corrected chi connectivity index (χ0v) is 19.5. The SMILES string of the molecule is F[P-](F)(F)(F)(F)F.c1ccc2c(c1)nnn2C1CCCN1[PH+](N1CCCC1)N1CCCC1. The van der Waals surface area contributed by atoms with E-state index in [0.29, 0.717) is 6.17 Å². The first-order valence-electron chi connectivity index (χ1n) is 10.9. The molecule has 3 fully saturated rings. The minimum Gasteiger partial charge on any atom is -0.224 e. The largest absolute Gasteiger partial charge is 0.224 e. The second kappa shape index (κ2) is 8.31. The van der Waals surface area contributed by atoms with Crippen molar-refractivity contribution in [1.29, 1.82) is 0 Å². The van der Waals surface area contributed by atoms with E-state index in [9.17, 15) is 25.2 Å². The van der Waals surface area contributed by atoms with Crippen LogP contribution in [-0.2, 0) is 0 Å². The molecule has 0 amide bonds. The molecule has 1 aromatic heterocycles. The smallest absolute Gasteiger partial charge is 0.215 e. The number of benzene rings is 1. The fraction of sp³-hybridized carbons (Fsp3) is 0.667. The molecule has 2 aromatic rings. The van der Waals surface area contributed by atoms with Gasteiger partial charge in [0.15, 0.2) is 0 Å². The number of hydrogen-bond acceptors (Lipinski definition) is 5. The van der Waals surface area contributed by atoms with Crippen LogP contribution in [0.15, 0.2) is 24.3 Å². The van der Waals surface area contributed by atoms with Crippen molar-refractivity contribution < 1.29 is 25.2 Å². The summed E-state index contributed by atoms with van der Waals surface area (Å²) >= 11 is 0. The van der Waals surface area contributed by atoms with Gasteiger partial charge in [-0.25, -0.2) is 4.68 Å². The van der Waals surface area contributed by atoms with Crippen molar-refractivity contribution in [2.45, 2.75) is 44.7 Å². The molecule has 0 aliphatic carbocycles. The molecule has 3 aliphatic rings. The van der Waals surface area contributed by atoms with Crippen LogP contribution in [0.3, 0.4) is 0 Å². The Labute approximate surface area is 183 Å². The molecule has 182 valence electrons. The van der Waals surface area contributed by atoms with Crippen molar-refractivity contribution in [3.05, 3.63) is 24.3 Å². The summed E-state index contributed by atoms with van der Waals surface area (Å²) in [6, 6.07) is 8.40. The Bertz CT molecular complexity index is 900. The minimum atomic E-state index is -10.7. The van der Waals surface area contributed by atoms with E-state index in [1.807, 2.05) is 0 Å². The summed E-state index contributed by atoms with van der Waals surface area (Å²) < 4.78 is 69.8. The summed E-state index contributed by atoms with van der Waals surface area (Å²) in [5, 5.41) is 8.99. The van der Waals surface area contributed by atoms with E-state index in [4.69, 9.17) is 0 Å². The Hall–Kier alpha value is -1.06. The van der Waals surface area contributed by atoms with Gasteiger partial charge in [-0.3, -0.25) is 0 Å². The van der Waals surface area contributed by atoms with E-state index in [2.05, 4.69) is 53.3 Å². The van der Waals surface area contributed by atoms with Gasteiger partial charge < -0.3 is 0 Å². The van der Waals surface area contributed by atoms with Crippen LogP contribution in [0.25, 0.3) is 11.0 Å². The first kappa shape index (κ1) is 24.1. The molecule has 0 saturated carbocycles. The van der Waals surface area contributed by atoms with Gasteiger partial charge >= 0.3 is 33.0 Å². The van der Waals surface area contributed by atoms with E-state index >= 15 is 0 Å².